The highest BCUT2D eigenvalue weighted by molar-refractivity contribution is 7.07. The molecule has 0 bridgehead atoms. The van der Waals surface area contributed by atoms with Gasteiger partial charge in [-0.15, -0.1) is 0 Å². The minimum absolute atomic E-state index is 0.215. The zero-order valence-corrected chi connectivity index (χ0v) is 21.0. The third-order valence-corrected chi connectivity index (χ3v) is 7.25. The van der Waals surface area contributed by atoms with E-state index < -0.39 is 12.0 Å². The number of esters is 1. The van der Waals surface area contributed by atoms with Crippen LogP contribution in [0, 0.1) is 0 Å². The van der Waals surface area contributed by atoms with E-state index in [1.807, 2.05) is 55.5 Å². The van der Waals surface area contributed by atoms with Crippen molar-refractivity contribution in [2.24, 2.45) is 4.99 Å². The van der Waals surface area contributed by atoms with Gasteiger partial charge in [0.2, 0.25) is 0 Å². The summed E-state index contributed by atoms with van der Waals surface area (Å²) in [6, 6.07) is 14.2. The van der Waals surface area contributed by atoms with Gasteiger partial charge in [0.15, 0.2) is 4.80 Å². The molecule has 3 heterocycles. The first-order chi connectivity index (χ1) is 16.9. The molecule has 2 unspecified atom stereocenters. The summed E-state index contributed by atoms with van der Waals surface area (Å²) in [6.07, 6.45) is 3.67. The molecule has 6 nitrogen and oxygen atoms in total. The van der Waals surface area contributed by atoms with Crippen molar-refractivity contribution in [3.05, 3.63) is 101 Å². The molecule has 0 radical (unpaired) electrons. The van der Waals surface area contributed by atoms with E-state index in [0.29, 0.717) is 25.6 Å². The van der Waals surface area contributed by atoms with Crippen molar-refractivity contribution in [2.75, 3.05) is 6.61 Å². The molecule has 3 aromatic rings. The van der Waals surface area contributed by atoms with Gasteiger partial charge in [-0.25, -0.2) is 9.79 Å². The molecule has 5 rings (SSSR count). The Kier molecular flexibility index (Phi) is 6.21. The van der Waals surface area contributed by atoms with E-state index in [-0.39, 0.29) is 18.3 Å². The zero-order chi connectivity index (χ0) is 24.7. The van der Waals surface area contributed by atoms with Gasteiger partial charge in [0.25, 0.3) is 5.56 Å². The molecule has 2 aliphatic heterocycles. The van der Waals surface area contributed by atoms with Crippen LogP contribution >= 0.6 is 22.9 Å². The van der Waals surface area contributed by atoms with E-state index in [9.17, 15) is 9.59 Å². The number of thiazole rings is 1. The maximum atomic E-state index is 13.7. The normalized spacial score (nSPS) is 19.3. The minimum Gasteiger partial charge on any atom is -0.485 e. The van der Waals surface area contributed by atoms with Gasteiger partial charge in [-0.2, -0.15) is 0 Å². The number of halogens is 1. The summed E-state index contributed by atoms with van der Waals surface area (Å²) in [5.41, 5.74) is 3.24. The van der Waals surface area contributed by atoms with Gasteiger partial charge < -0.3 is 9.47 Å². The number of para-hydroxylation sites is 1. The van der Waals surface area contributed by atoms with Crippen molar-refractivity contribution in [3.8, 4) is 5.75 Å². The second-order valence-corrected chi connectivity index (χ2v) is 9.74. The summed E-state index contributed by atoms with van der Waals surface area (Å²) < 4.78 is 13.5. The topological polar surface area (TPSA) is 69.9 Å². The van der Waals surface area contributed by atoms with Crippen LogP contribution < -0.4 is 19.6 Å². The molecule has 0 fully saturated rings. The number of carbonyl (C=O) groups excluding carboxylic acids is 1. The lowest BCUT2D eigenvalue weighted by Crippen LogP contribution is -2.40. The van der Waals surface area contributed by atoms with Crippen LogP contribution in [-0.2, 0) is 9.53 Å². The molecule has 2 aliphatic rings. The summed E-state index contributed by atoms with van der Waals surface area (Å²) in [7, 11) is 0. The van der Waals surface area contributed by atoms with Crippen LogP contribution in [-0.4, -0.2) is 23.2 Å². The SMILES string of the molecule is CCOC(=O)C1=C(C)N=c2s/c(=C\C3=Cc4ccccc4OC3C)c(=O)n2C1c1ccc(Cl)cc1. The Morgan fingerprint density at radius 3 is 2.71 bits per heavy atom. The maximum absolute atomic E-state index is 13.7. The molecule has 2 atom stereocenters. The van der Waals surface area contributed by atoms with Crippen LogP contribution in [0.3, 0.4) is 0 Å². The lowest BCUT2D eigenvalue weighted by molar-refractivity contribution is -0.139. The Hall–Kier alpha value is -3.42. The quantitative estimate of drug-likeness (QED) is 0.496. The third-order valence-electron chi connectivity index (χ3n) is 6.01. The molecule has 35 heavy (non-hydrogen) atoms. The molecule has 0 saturated heterocycles. The number of fused-ring (bicyclic) bond motifs is 2. The Bertz CT molecular complexity index is 1560. The summed E-state index contributed by atoms with van der Waals surface area (Å²) in [6.45, 7) is 5.69. The second-order valence-electron chi connectivity index (χ2n) is 8.30. The lowest BCUT2D eigenvalue weighted by Gasteiger charge is -2.24. The fourth-order valence-corrected chi connectivity index (χ4v) is 5.50. The average Bonchev–Trinajstić information content (AvgIpc) is 3.13. The van der Waals surface area contributed by atoms with E-state index in [0.717, 1.165) is 22.4 Å². The van der Waals surface area contributed by atoms with Crippen molar-refractivity contribution < 1.29 is 14.3 Å². The Morgan fingerprint density at radius 1 is 1.23 bits per heavy atom. The van der Waals surface area contributed by atoms with E-state index in [4.69, 9.17) is 21.1 Å². The number of nitrogens with zero attached hydrogens (tertiary/aromatic N) is 2. The van der Waals surface area contributed by atoms with Gasteiger partial charge in [0.1, 0.15) is 11.9 Å². The number of rotatable bonds is 4. The zero-order valence-electron chi connectivity index (χ0n) is 19.4. The highest BCUT2D eigenvalue weighted by Gasteiger charge is 2.33. The number of carbonyl (C=O) groups is 1. The van der Waals surface area contributed by atoms with Crippen LogP contribution in [0.25, 0.3) is 12.2 Å². The Morgan fingerprint density at radius 2 is 1.97 bits per heavy atom. The first-order valence-electron chi connectivity index (χ1n) is 11.3. The summed E-state index contributed by atoms with van der Waals surface area (Å²) in [5, 5.41) is 0.568. The Labute approximate surface area is 211 Å². The smallest absolute Gasteiger partial charge is 0.338 e. The van der Waals surface area contributed by atoms with Crippen LogP contribution in [0.15, 0.2) is 75.2 Å². The van der Waals surface area contributed by atoms with Crippen LogP contribution in [0.4, 0.5) is 0 Å². The molecule has 0 aliphatic carbocycles. The van der Waals surface area contributed by atoms with Gasteiger partial charge in [0, 0.05) is 10.6 Å². The Balaban J connectivity index is 1.69. The number of ether oxygens (including phenoxy) is 2. The van der Waals surface area contributed by atoms with Gasteiger partial charge in [-0.3, -0.25) is 9.36 Å². The molecule has 0 N–H and O–H groups in total. The van der Waals surface area contributed by atoms with E-state index in [1.54, 1.807) is 30.5 Å². The predicted octanol–water partition coefficient (Wildman–Crippen LogP) is 4.27. The van der Waals surface area contributed by atoms with Crippen LogP contribution in [0.1, 0.15) is 37.9 Å². The molecular formula is C27H23ClN2O4S. The molecule has 2 aromatic carbocycles. The van der Waals surface area contributed by atoms with Crippen molar-refractivity contribution in [2.45, 2.75) is 32.9 Å². The second kappa shape index (κ2) is 9.32. The van der Waals surface area contributed by atoms with Crippen LogP contribution in [0.5, 0.6) is 5.75 Å². The number of allylic oxidation sites excluding steroid dienone is 1. The first-order valence-corrected chi connectivity index (χ1v) is 12.5. The number of hydrogen-bond donors (Lipinski definition) is 0. The molecule has 0 spiro atoms. The highest BCUT2D eigenvalue weighted by Crippen LogP contribution is 2.32. The average molecular weight is 507 g/mol. The molecule has 1 aromatic heterocycles. The monoisotopic (exact) mass is 506 g/mol. The van der Waals surface area contributed by atoms with E-state index >= 15 is 0 Å². The van der Waals surface area contributed by atoms with Gasteiger partial charge in [0.05, 0.1) is 28.5 Å². The van der Waals surface area contributed by atoms with E-state index in [2.05, 4.69) is 4.99 Å². The fraction of sp³-hybridized carbons (Fsp3) is 0.222. The maximum Gasteiger partial charge on any atom is 0.338 e. The number of benzene rings is 2. The molecule has 178 valence electrons. The molecule has 0 saturated carbocycles. The van der Waals surface area contributed by atoms with Gasteiger partial charge >= 0.3 is 5.97 Å². The van der Waals surface area contributed by atoms with Crippen molar-refractivity contribution in [3.63, 3.8) is 0 Å². The highest BCUT2D eigenvalue weighted by atomic mass is 35.5. The summed E-state index contributed by atoms with van der Waals surface area (Å²) in [5.74, 6) is 0.327. The van der Waals surface area contributed by atoms with Crippen molar-refractivity contribution in [1.82, 2.24) is 4.57 Å². The summed E-state index contributed by atoms with van der Waals surface area (Å²) >= 11 is 7.40. The fourth-order valence-electron chi connectivity index (χ4n) is 4.32. The number of aromatic nitrogens is 1. The lowest BCUT2D eigenvalue weighted by atomic mass is 9.96. The first kappa shape index (κ1) is 23.3. The van der Waals surface area contributed by atoms with Crippen molar-refractivity contribution in [1.29, 1.82) is 0 Å². The molecule has 0 amide bonds. The standard InChI is InChI=1S/C27H23ClN2O4S/c1-4-33-26(32)23-15(2)29-27-30(24(23)17-9-11-20(28)12-10-17)25(31)22(35-27)14-19-13-18-7-5-6-8-21(18)34-16(19)3/h5-14,16,24H,4H2,1-3H3/b22-14-. The van der Waals surface area contributed by atoms with E-state index in [1.165, 1.54) is 11.3 Å². The third kappa shape index (κ3) is 4.26. The predicted molar refractivity (Wildman–Crippen MR) is 137 cm³/mol. The summed E-state index contributed by atoms with van der Waals surface area (Å²) in [4.78, 5) is 31.8. The molecular weight excluding hydrogens is 484 g/mol. The van der Waals surface area contributed by atoms with Crippen LogP contribution in [0.2, 0.25) is 5.02 Å². The number of hydrogen-bond acceptors (Lipinski definition) is 6. The minimum atomic E-state index is -0.667. The largest absolute Gasteiger partial charge is 0.485 e. The molecule has 8 heteroatoms. The van der Waals surface area contributed by atoms with Gasteiger partial charge in [-0.1, -0.05) is 53.3 Å². The van der Waals surface area contributed by atoms with Crippen molar-refractivity contribution >= 4 is 41.1 Å². The van der Waals surface area contributed by atoms with Gasteiger partial charge in [-0.05, 0) is 62.3 Å².